The maximum absolute atomic E-state index is 13.2. The highest BCUT2D eigenvalue weighted by molar-refractivity contribution is 5.91. The number of carbonyl (C=O) groups is 2. The van der Waals surface area contributed by atoms with Gasteiger partial charge in [-0.25, -0.2) is 5.06 Å². The van der Waals surface area contributed by atoms with E-state index in [-0.39, 0.29) is 28.4 Å². The van der Waals surface area contributed by atoms with Crippen LogP contribution in [0.25, 0.3) is 0 Å². The Bertz CT molecular complexity index is 724. The third-order valence-corrected chi connectivity index (χ3v) is 8.74. The topological polar surface area (TPSA) is 69.6 Å². The van der Waals surface area contributed by atoms with E-state index in [1.807, 2.05) is 26.8 Å². The molecule has 5 heteroatoms. The Morgan fingerprint density at radius 3 is 2.57 bits per heavy atom. The summed E-state index contributed by atoms with van der Waals surface area (Å²) in [7, 11) is 0. The molecule has 2 N–H and O–H groups in total. The zero-order valence-corrected chi connectivity index (χ0v) is 18.0. The van der Waals surface area contributed by atoms with Crippen molar-refractivity contribution in [3.8, 4) is 0 Å². The number of ketones is 1. The number of allylic oxidation sites excluding steroid dienone is 2. The van der Waals surface area contributed by atoms with Crippen LogP contribution in [0.5, 0.6) is 0 Å². The van der Waals surface area contributed by atoms with E-state index in [0.29, 0.717) is 24.2 Å². The Hall–Kier alpha value is -1.36. The summed E-state index contributed by atoms with van der Waals surface area (Å²) >= 11 is 0. The largest absolute Gasteiger partial charge is 0.387 e. The number of nitrogens with zero attached hydrogens (tertiary/aromatic N) is 1. The van der Waals surface area contributed by atoms with Crippen molar-refractivity contribution in [1.29, 1.82) is 0 Å². The molecule has 4 rings (SSSR count). The molecule has 0 unspecified atom stereocenters. The number of hydrogen-bond acceptors (Lipinski definition) is 4. The first-order valence-corrected chi connectivity index (χ1v) is 11.0. The number of piperidine rings is 1. The zero-order valence-electron chi connectivity index (χ0n) is 18.0. The smallest absolute Gasteiger partial charge is 0.250 e. The summed E-state index contributed by atoms with van der Waals surface area (Å²) in [5, 5.41) is 15.1. The minimum atomic E-state index is -0.572. The number of amides is 1. The fourth-order valence-corrected chi connectivity index (χ4v) is 7.03. The van der Waals surface area contributed by atoms with Crippen LogP contribution >= 0.6 is 0 Å². The maximum atomic E-state index is 13.2. The van der Waals surface area contributed by atoms with Gasteiger partial charge in [0, 0.05) is 36.1 Å². The Labute approximate surface area is 168 Å². The SMILES string of the molecule is CC(C)(C)N(O)C(=O)[C@H]1CC[C@H]2[C@@H]3CNC4=CC(=O)CC[C@]4(C)[C@H]3CC[C@]12C. The predicted molar refractivity (Wildman–Crippen MR) is 107 cm³/mol. The second-order valence-electron chi connectivity index (χ2n) is 11.2. The van der Waals surface area contributed by atoms with E-state index >= 15 is 0 Å². The van der Waals surface area contributed by atoms with Gasteiger partial charge in [-0.05, 0) is 76.0 Å². The van der Waals surface area contributed by atoms with E-state index in [1.165, 1.54) is 0 Å². The van der Waals surface area contributed by atoms with Crippen LogP contribution < -0.4 is 5.32 Å². The fraction of sp³-hybridized carbons (Fsp3) is 0.826. The van der Waals surface area contributed by atoms with E-state index in [0.717, 1.165) is 49.4 Å². The van der Waals surface area contributed by atoms with E-state index in [1.54, 1.807) is 0 Å². The average Bonchev–Trinajstić information content (AvgIpc) is 2.97. The van der Waals surface area contributed by atoms with Gasteiger partial charge in [0.2, 0.25) is 5.91 Å². The minimum Gasteiger partial charge on any atom is -0.387 e. The summed E-state index contributed by atoms with van der Waals surface area (Å²) < 4.78 is 0. The molecule has 28 heavy (non-hydrogen) atoms. The summed E-state index contributed by atoms with van der Waals surface area (Å²) in [5.41, 5.74) is 0.591. The van der Waals surface area contributed by atoms with Gasteiger partial charge in [-0.2, -0.15) is 0 Å². The first-order valence-electron chi connectivity index (χ1n) is 11.0. The third kappa shape index (κ3) is 2.76. The third-order valence-electron chi connectivity index (χ3n) is 8.74. The van der Waals surface area contributed by atoms with Crippen molar-refractivity contribution in [2.45, 2.75) is 78.7 Å². The van der Waals surface area contributed by atoms with Gasteiger partial charge in [0.1, 0.15) is 0 Å². The molecule has 3 fully saturated rings. The van der Waals surface area contributed by atoms with Gasteiger partial charge in [0.15, 0.2) is 5.78 Å². The summed E-state index contributed by atoms with van der Waals surface area (Å²) in [4.78, 5) is 25.1. The molecule has 0 radical (unpaired) electrons. The van der Waals surface area contributed by atoms with Crippen molar-refractivity contribution in [2.75, 3.05) is 6.54 Å². The van der Waals surface area contributed by atoms with Gasteiger partial charge in [-0.15, -0.1) is 0 Å². The van der Waals surface area contributed by atoms with Crippen LogP contribution in [0.15, 0.2) is 11.8 Å². The molecule has 1 saturated heterocycles. The molecule has 6 atom stereocenters. The highest BCUT2D eigenvalue weighted by Crippen LogP contribution is 2.64. The Morgan fingerprint density at radius 1 is 1.18 bits per heavy atom. The van der Waals surface area contributed by atoms with Crippen LogP contribution in [-0.2, 0) is 9.59 Å². The lowest BCUT2D eigenvalue weighted by Gasteiger charge is -2.58. The molecule has 5 nitrogen and oxygen atoms in total. The number of nitrogens with one attached hydrogen (secondary N) is 1. The molecule has 0 aromatic carbocycles. The van der Waals surface area contributed by atoms with Gasteiger partial charge >= 0.3 is 0 Å². The molecule has 2 saturated carbocycles. The lowest BCUT2D eigenvalue weighted by molar-refractivity contribution is -0.197. The quantitative estimate of drug-likeness (QED) is 0.528. The predicted octanol–water partition coefficient (Wildman–Crippen LogP) is 3.92. The molecule has 0 bridgehead atoms. The highest BCUT2D eigenvalue weighted by Gasteiger charge is 2.61. The van der Waals surface area contributed by atoms with Gasteiger partial charge in [-0.3, -0.25) is 14.8 Å². The second kappa shape index (κ2) is 6.32. The van der Waals surface area contributed by atoms with E-state index < -0.39 is 5.54 Å². The number of carbonyl (C=O) groups excluding carboxylic acids is 2. The van der Waals surface area contributed by atoms with E-state index in [2.05, 4.69) is 19.2 Å². The normalized spacial score (nSPS) is 42.6. The Balaban J connectivity index is 1.60. The molecule has 1 heterocycles. The summed E-state index contributed by atoms with van der Waals surface area (Å²) in [6.07, 6.45) is 7.50. The lowest BCUT2D eigenvalue weighted by atomic mass is 9.50. The van der Waals surface area contributed by atoms with Crippen LogP contribution in [0.2, 0.25) is 0 Å². The van der Waals surface area contributed by atoms with Gasteiger partial charge in [0.25, 0.3) is 0 Å². The molecule has 3 aliphatic carbocycles. The summed E-state index contributed by atoms with van der Waals surface area (Å²) in [5.74, 6) is 1.66. The zero-order chi connectivity index (χ0) is 20.5. The van der Waals surface area contributed by atoms with Crippen molar-refractivity contribution < 1.29 is 14.8 Å². The van der Waals surface area contributed by atoms with E-state index in [4.69, 9.17) is 0 Å². The van der Waals surface area contributed by atoms with Crippen molar-refractivity contribution in [2.24, 2.45) is 34.5 Å². The molecular weight excluding hydrogens is 352 g/mol. The van der Waals surface area contributed by atoms with Crippen molar-refractivity contribution in [1.82, 2.24) is 10.4 Å². The summed E-state index contributed by atoms with van der Waals surface area (Å²) in [6.45, 7) is 11.2. The minimum absolute atomic E-state index is 0.0474. The Kier molecular flexibility index (Phi) is 4.50. The number of hydroxylamine groups is 2. The molecular formula is C23H36N2O3. The molecule has 0 spiro atoms. The highest BCUT2D eigenvalue weighted by atomic mass is 16.5. The molecule has 1 aliphatic heterocycles. The lowest BCUT2D eigenvalue weighted by Crippen LogP contribution is -2.57. The second-order valence-corrected chi connectivity index (χ2v) is 11.2. The molecule has 156 valence electrons. The van der Waals surface area contributed by atoms with Crippen LogP contribution in [0.3, 0.4) is 0 Å². The van der Waals surface area contributed by atoms with Crippen LogP contribution in [-0.4, -0.2) is 34.0 Å². The molecule has 1 amide bonds. The van der Waals surface area contributed by atoms with Gasteiger partial charge in [-0.1, -0.05) is 13.8 Å². The Morgan fingerprint density at radius 2 is 1.89 bits per heavy atom. The van der Waals surface area contributed by atoms with Gasteiger partial charge in [0.05, 0.1) is 5.54 Å². The monoisotopic (exact) mass is 388 g/mol. The molecule has 0 aromatic rings. The maximum Gasteiger partial charge on any atom is 0.250 e. The first-order chi connectivity index (χ1) is 13.0. The van der Waals surface area contributed by atoms with Crippen molar-refractivity contribution >= 4 is 11.7 Å². The van der Waals surface area contributed by atoms with Crippen LogP contribution in [0.1, 0.15) is 73.1 Å². The fourth-order valence-electron chi connectivity index (χ4n) is 7.03. The van der Waals surface area contributed by atoms with E-state index in [9.17, 15) is 14.8 Å². The number of hydrogen-bond donors (Lipinski definition) is 2. The average molecular weight is 389 g/mol. The van der Waals surface area contributed by atoms with Crippen molar-refractivity contribution in [3.63, 3.8) is 0 Å². The summed E-state index contributed by atoms with van der Waals surface area (Å²) in [6, 6.07) is 0. The van der Waals surface area contributed by atoms with Crippen molar-refractivity contribution in [3.05, 3.63) is 11.8 Å². The standard InChI is InChI=1S/C23H36N2O3/c1-21(2,3)25(28)20(27)18-7-6-16-15-13-24-19-12-14(26)8-10-23(19,5)17(15)9-11-22(16,18)4/h12,15-18,24,28H,6-11,13H2,1-5H3/t15-,16-,17-,18+,22-,23+/m0/s1. The van der Waals surface area contributed by atoms with Gasteiger partial charge < -0.3 is 5.32 Å². The number of rotatable bonds is 1. The number of fused-ring (bicyclic) bond motifs is 5. The first kappa shape index (κ1) is 19.9. The molecule has 4 aliphatic rings. The molecule has 0 aromatic heterocycles. The van der Waals surface area contributed by atoms with Crippen LogP contribution in [0.4, 0.5) is 0 Å². The van der Waals surface area contributed by atoms with Crippen LogP contribution in [0, 0.1) is 34.5 Å².